The molecule has 0 unspecified atom stereocenters. The lowest BCUT2D eigenvalue weighted by Gasteiger charge is -2.26. The number of pyridine rings is 1. The van der Waals surface area contributed by atoms with E-state index in [1.165, 1.54) is 5.56 Å². The average molecular weight is 470 g/mol. The van der Waals surface area contributed by atoms with E-state index >= 15 is 0 Å². The summed E-state index contributed by atoms with van der Waals surface area (Å²) in [7, 11) is 0. The van der Waals surface area contributed by atoms with Crippen LogP contribution in [0.25, 0.3) is 11.3 Å². The number of rotatable bonds is 6. The smallest absolute Gasteiger partial charge is 0.335 e. The number of carboxylic acids is 1. The van der Waals surface area contributed by atoms with Crippen molar-refractivity contribution in [3.05, 3.63) is 108 Å². The minimum atomic E-state index is -0.976. The number of hydrogen-bond donors (Lipinski definition) is 2. The predicted octanol–water partition coefficient (Wildman–Crippen LogP) is 5.78. The molecule has 1 saturated heterocycles. The molecular formula is C27H23N3O3S. The number of carboxylic acid groups (broad SMARTS) is 1. The topological polar surface area (TPSA) is 78.6 Å². The molecule has 1 aliphatic heterocycles. The van der Waals surface area contributed by atoms with Gasteiger partial charge in [0.2, 0.25) is 0 Å². The first-order valence-corrected chi connectivity index (χ1v) is 11.5. The quantitative estimate of drug-likeness (QED) is 0.347. The van der Waals surface area contributed by atoms with Crippen LogP contribution in [0.1, 0.15) is 46.4 Å². The number of aromatic nitrogens is 1. The van der Waals surface area contributed by atoms with Gasteiger partial charge in [0.25, 0.3) is 0 Å². The van der Waals surface area contributed by atoms with E-state index in [2.05, 4.69) is 46.4 Å². The Morgan fingerprint density at radius 3 is 2.62 bits per heavy atom. The summed E-state index contributed by atoms with van der Waals surface area (Å²) in [6.07, 6.45) is 2.72. The van der Waals surface area contributed by atoms with Crippen molar-refractivity contribution in [2.75, 3.05) is 4.90 Å². The van der Waals surface area contributed by atoms with Crippen LogP contribution in [0.5, 0.6) is 0 Å². The van der Waals surface area contributed by atoms with Crippen molar-refractivity contribution >= 4 is 29.0 Å². The number of aromatic carboxylic acids is 1. The van der Waals surface area contributed by atoms with E-state index in [4.69, 9.17) is 16.6 Å². The lowest BCUT2D eigenvalue weighted by Crippen LogP contribution is -2.29. The van der Waals surface area contributed by atoms with Crippen molar-refractivity contribution in [3.8, 4) is 11.3 Å². The number of thiocarbonyl (C=S) groups is 1. The second-order valence-electron chi connectivity index (χ2n) is 8.10. The fourth-order valence-corrected chi connectivity index (χ4v) is 4.63. The molecule has 0 aliphatic carbocycles. The van der Waals surface area contributed by atoms with Crippen LogP contribution < -0.4 is 10.2 Å². The zero-order valence-electron chi connectivity index (χ0n) is 18.5. The molecule has 2 aromatic carbocycles. The third kappa shape index (κ3) is 4.06. The summed E-state index contributed by atoms with van der Waals surface area (Å²) in [6.45, 7) is 2.13. The van der Waals surface area contributed by atoms with Gasteiger partial charge in [-0.15, -0.1) is 0 Å². The minimum Gasteiger partial charge on any atom is -0.478 e. The molecule has 2 N–H and O–H groups in total. The highest BCUT2D eigenvalue weighted by Gasteiger charge is 2.42. The van der Waals surface area contributed by atoms with Gasteiger partial charge in [-0.3, -0.25) is 4.98 Å². The van der Waals surface area contributed by atoms with E-state index in [1.54, 1.807) is 24.4 Å². The molecule has 1 fully saturated rings. The molecule has 2 aromatic heterocycles. The molecule has 0 spiro atoms. The summed E-state index contributed by atoms with van der Waals surface area (Å²) in [4.78, 5) is 18.0. The summed E-state index contributed by atoms with van der Waals surface area (Å²) in [5.74, 6) is 0.325. The zero-order valence-corrected chi connectivity index (χ0v) is 19.3. The van der Waals surface area contributed by atoms with Gasteiger partial charge in [0, 0.05) is 17.4 Å². The van der Waals surface area contributed by atoms with Crippen molar-refractivity contribution in [2.24, 2.45) is 0 Å². The van der Waals surface area contributed by atoms with Crippen molar-refractivity contribution < 1.29 is 14.3 Å². The Bertz CT molecular complexity index is 1330. The predicted molar refractivity (Wildman–Crippen MR) is 135 cm³/mol. The van der Waals surface area contributed by atoms with E-state index in [0.29, 0.717) is 22.2 Å². The molecular weight excluding hydrogens is 446 g/mol. The Labute approximate surface area is 202 Å². The first-order valence-electron chi connectivity index (χ1n) is 11.1. The van der Waals surface area contributed by atoms with Crippen LogP contribution >= 0.6 is 12.2 Å². The van der Waals surface area contributed by atoms with Crippen LogP contribution in [0.2, 0.25) is 0 Å². The zero-order chi connectivity index (χ0) is 23.7. The molecule has 0 radical (unpaired) electrons. The monoisotopic (exact) mass is 469 g/mol. The van der Waals surface area contributed by atoms with E-state index in [9.17, 15) is 9.90 Å². The van der Waals surface area contributed by atoms with Crippen LogP contribution in [0.15, 0.2) is 89.5 Å². The molecule has 6 nitrogen and oxygen atoms in total. The highest BCUT2D eigenvalue weighted by Crippen LogP contribution is 2.43. The molecule has 1 aliphatic rings. The molecule has 34 heavy (non-hydrogen) atoms. The highest BCUT2D eigenvalue weighted by atomic mass is 32.1. The first kappa shape index (κ1) is 21.9. The van der Waals surface area contributed by atoms with Crippen molar-refractivity contribution in [3.63, 3.8) is 0 Å². The Hall–Kier alpha value is -3.97. The third-order valence-electron chi connectivity index (χ3n) is 6.03. The van der Waals surface area contributed by atoms with Crippen molar-refractivity contribution in [2.45, 2.75) is 25.4 Å². The molecule has 170 valence electrons. The maximum Gasteiger partial charge on any atom is 0.335 e. The van der Waals surface area contributed by atoms with Gasteiger partial charge in [0.1, 0.15) is 17.6 Å². The first-order chi connectivity index (χ1) is 16.5. The highest BCUT2D eigenvalue weighted by molar-refractivity contribution is 7.80. The van der Waals surface area contributed by atoms with Crippen LogP contribution in [0.4, 0.5) is 5.69 Å². The Morgan fingerprint density at radius 2 is 1.91 bits per heavy atom. The van der Waals surface area contributed by atoms with Gasteiger partial charge in [-0.25, -0.2) is 4.79 Å². The number of nitrogens with one attached hydrogen (secondary N) is 1. The third-order valence-corrected chi connectivity index (χ3v) is 6.35. The van der Waals surface area contributed by atoms with Crippen molar-refractivity contribution in [1.29, 1.82) is 0 Å². The summed E-state index contributed by atoms with van der Waals surface area (Å²) in [6, 6.07) is 24.2. The van der Waals surface area contributed by atoms with Gasteiger partial charge in [-0.2, -0.15) is 0 Å². The van der Waals surface area contributed by atoms with E-state index in [0.717, 1.165) is 17.8 Å². The van der Waals surface area contributed by atoms with Gasteiger partial charge in [0.15, 0.2) is 5.11 Å². The SMILES string of the molecule is CCc1ccc(N2C(=S)N[C@@H](c3ccccn3)[C@@H]2c2ccc(-c3cccc(C(=O)O)c3)o2)cc1. The number of aryl methyl sites for hydroxylation is 1. The van der Waals surface area contributed by atoms with Gasteiger partial charge < -0.3 is 19.7 Å². The van der Waals surface area contributed by atoms with Crippen LogP contribution in [0, 0.1) is 0 Å². The number of furan rings is 1. The van der Waals surface area contributed by atoms with E-state index in [1.807, 2.05) is 36.4 Å². The largest absolute Gasteiger partial charge is 0.478 e. The molecule has 0 saturated carbocycles. The lowest BCUT2D eigenvalue weighted by atomic mass is 10.0. The standard InChI is InChI=1S/C27H23N3O3S/c1-2-17-9-11-20(12-10-17)30-25(24(29-27(30)34)21-8-3-4-15-28-21)23-14-13-22(33-23)18-6-5-7-19(16-18)26(31)32/h3-16,24-25H,2H2,1H3,(H,29,34)(H,31,32)/t24-,25-/m0/s1. The van der Waals surface area contributed by atoms with Crippen LogP contribution in [0.3, 0.4) is 0 Å². The van der Waals surface area contributed by atoms with Gasteiger partial charge >= 0.3 is 5.97 Å². The number of benzene rings is 2. The molecule has 3 heterocycles. The average Bonchev–Trinajstić information content (AvgIpc) is 3.49. The molecule has 4 aromatic rings. The summed E-state index contributed by atoms with van der Waals surface area (Å²) >= 11 is 5.76. The minimum absolute atomic E-state index is 0.211. The number of nitrogens with zero attached hydrogens (tertiary/aromatic N) is 2. The number of anilines is 1. The van der Waals surface area contributed by atoms with Crippen LogP contribution in [-0.4, -0.2) is 21.2 Å². The summed E-state index contributed by atoms with van der Waals surface area (Å²) in [5, 5.41) is 13.4. The summed E-state index contributed by atoms with van der Waals surface area (Å²) < 4.78 is 6.32. The molecule has 0 bridgehead atoms. The van der Waals surface area contributed by atoms with Gasteiger partial charge in [-0.1, -0.05) is 37.3 Å². The Morgan fingerprint density at radius 1 is 1.09 bits per heavy atom. The molecule has 0 amide bonds. The maximum absolute atomic E-state index is 11.4. The molecule has 2 atom stereocenters. The van der Waals surface area contributed by atoms with Crippen molar-refractivity contribution in [1.82, 2.24) is 10.3 Å². The second kappa shape index (κ2) is 9.11. The van der Waals surface area contributed by atoms with E-state index in [-0.39, 0.29) is 17.6 Å². The number of hydrogen-bond acceptors (Lipinski definition) is 4. The fourth-order valence-electron chi connectivity index (χ4n) is 4.29. The number of carbonyl (C=O) groups is 1. The van der Waals surface area contributed by atoms with Gasteiger partial charge in [0.05, 0.1) is 17.3 Å². The summed E-state index contributed by atoms with van der Waals surface area (Å²) in [5.41, 5.74) is 3.98. The lowest BCUT2D eigenvalue weighted by molar-refractivity contribution is 0.0697. The van der Waals surface area contributed by atoms with Crippen LogP contribution in [-0.2, 0) is 6.42 Å². The molecule has 5 rings (SSSR count). The molecule has 7 heteroatoms. The van der Waals surface area contributed by atoms with E-state index < -0.39 is 5.97 Å². The maximum atomic E-state index is 11.4. The normalized spacial score (nSPS) is 17.6. The Kier molecular flexibility index (Phi) is 5.86. The van der Waals surface area contributed by atoms with Gasteiger partial charge in [-0.05, 0) is 72.7 Å². The fraction of sp³-hybridized carbons (Fsp3) is 0.148. The second-order valence-corrected chi connectivity index (χ2v) is 8.49. The Balaban J connectivity index is 1.58.